The molecule has 0 aliphatic carbocycles. The number of phenolic OH excluding ortho intramolecular Hbond substituents is 2. The molecule has 2 rings (SSSR count). The monoisotopic (exact) mass is 406 g/mol. The lowest BCUT2D eigenvalue weighted by molar-refractivity contribution is 0.0866. The zero-order valence-corrected chi connectivity index (χ0v) is 17.7. The van der Waals surface area contributed by atoms with Crippen molar-refractivity contribution in [3.8, 4) is 34.5 Å². The van der Waals surface area contributed by atoms with Gasteiger partial charge in [-0.05, 0) is 53.6 Å². The van der Waals surface area contributed by atoms with Crippen LogP contribution in [0.3, 0.4) is 0 Å². The molecule has 2 aromatic rings. The highest BCUT2D eigenvalue weighted by atomic mass is 16.5. The Morgan fingerprint density at radius 2 is 1.28 bits per heavy atom. The van der Waals surface area contributed by atoms with E-state index < -0.39 is 6.10 Å². The van der Waals surface area contributed by atoms with Crippen molar-refractivity contribution in [2.24, 2.45) is 11.8 Å². The summed E-state index contributed by atoms with van der Waals surface area (Å²) >= 11 is 0. The van der Waals surface area contributed by atoms with Gasteiger partial charge >= 0.3 is 0 Å². The van der Waals surface area contributed by atoms with Crippen molar-refractivity contribution in [1.29, 1.82) is 0 Å². The topological polar surface area (TPSA) is 97.6 Å². The van der Waals surface area contributed by atoms with Gasteiger partial charge in [-0.15, -0.1) is 0 Å². The molecule has 7 nitrogen and oxygen atoms in total. The van der Waals surface area contributed by atoms with Crippen LogP contribution in [-0.2, 0) is 6.42 Å². The van der Waals surface area contributed by atoms with E-state index in [4.69, 9.17) is 18.9 Å². The third-order valence-electron chi connectivity index (χ3n) is 5.30. The van der Waals surface area contributed by atoms with Crippen LogP contribution in [0.25, 0.3) is 0 Å². The maximum atomic E-state index is 10.9. The summed E-state index contributed by atoms with van der Waals surface area (Å²) in [6, 6.07) is 6.60. The molecule has 29 heavy (non-hydrogen) atoms. The van der Waals surface area contributed by atoms with Gasteiger partial charge in [-0.2, -0.15) is 0 Å². The average Bonchev–Trinajstić information content (AvgIpc) is 2.71. The number of aromatic hydroxyl groups is 2. The van der Waals surface area contributed by atoms with Crippen LogP contribution in [0, 0.1) is 11.8 Å². The van der Waals surface area contributed by atoms with E-state index >= 15 is 0 Å². The fourth-order valence-electron chi connectivity index (χ4n) is 3.43. The summed E-state index contributed by atoms with van der Waals surface area (Å²) in [5.41, 5.74) is 1.40. The fourth-order valence-corrected chi connectivity index (χ4v) is 3.43. The quantitative estimate of drug-likeness (QED) is 0.584. The predicted octanol–water partition coefficient (Wildman–Crippen LogP) is 3.68. The molecule has 0 saturated heterocycles. The molecule has 0 saturated carbocycles. The average molecular weight is 406 g/mol. The van der Waals surface area contributed by atoms with Crippen molar-refractivity contribution in [3.05, 3.63) is 35.4 Å². The van der Waals surface area contributed by atoms with Gasteiger partial charge in [0.15, 0.2) is 23.0 Å². The Morgan fingerprint density at radius 3 is 1.79 bits per heavy atom. The second-order valence-corrected chi connectivity index (χ2v) is 7.11. The van der Waals surface area contributed by atoms with E-state index in [0.717, 1.165) is 5.56 Å². The molecule has 3 N–H and O–H groups in total. The summed E-state index contributed by atoms with van der Waals surface area (Å²) in [5, 5.41) is 31.2. The molecule has 160 valence electrons. The van der Waals surface area contributed by atoms with Crippen LogP contribution in [0.1, 0.15) is 31.1 Å². The number of rotatable bonds is 9. The first-order chi connectivity index (χ1) is 13.8. The molecule has 0 aliphatic heterocycles. The molecule has 0 unspecified atom stereocenters. The number of benzene rings is 2. The van der Waals surface area contributed by atoms with Gasteiger partial charge in [0, 0.05) is 0 Å². The second-order valence-electron chi connectivity index (χ2n) is 7.11. The highest BCUT2D eigenvalue weighted by Crippen LogP contribution is 2.42. The Bertz CT molecular complexity index is 834. The number of hydrogen-bond donors (Lipinski definition) is 3. The molecule has 0 spiro atoms. The summed E-state index contributed by atoms with van der Waals surface area (Å²) < 4.78 is 20.8. The van der Waals surface area contributed by atoms with Crippen molar-refractivity contribution in [1.82, 2.24) is 0 Å². The van der Waals surface area contributed by atoms with Crippen LogP contribution >= 0.6 is 0 Å². The predicted molar refractivity (Wildman–Crippen MR) is 109 cm³/mol. The molecular formula is C22H30O7. The van der Waals surface area contributed by atoms with Crippen molar-refractivity contribution in [2.75, 3.05) is 28.4 Å². The Kier molecular flexibility index (Phi) is 7.45. The lowest BCUT2D eigenvalue weighted by atomic mass is 9.83. The van der Waals surface area contributed by atoms with Gasteiger partial charge in [-0.25, -0.2) is 0 Å². The first kappa shape index (κ1) is 22.5. The molecule has 0 fully saturated rings. The minimum absolute atomic E-state index is 0.00654. The summed E-state index contributed by atoms with van der Waals surface area (Å²) in [6.07, 6.45) is -0.227. The van der Waals surface area contributed by atoms with Crippen LogP contribution in [-0.4, -0.2) is 43.8 Å². The number of ether oxygens (including phenoxy) is 4. The van der Waals surface area contributed by atoms with Gasteiger partial charge in [0.1, 0.15) is 0 Å². The maximum absolute atomic E-state index is 10.9. The van der Waals surface area contributed by atoms with Gasteiger partial charge in [0.25, 0.3) is 0 Å². The SMILES string of the molecule is COc1cc(C[C@@H](C)[C@H](C)[C@@H](O)c2cc(O)c(OC)c(OC)c2)cc(O)c1OC. The first-order valence-electron chi connectivity index (χ1n) is 9.34. The van der Waals surface area contributed by atoms with Crippen molar-refractivity contribution >= 4 is 0 Å². The Morgan fingerprint density at radius 1 is 0.759 bits per heavy atom. The number of aliphatic hydroxyl groups is 1. The Balaban J connectivity index is 2.23. The van der Waals surface area contributed by atoms with Gasteiger partial charge in [-0.3, -0.25) is 0 Å². The van der Waals surface area contributed by atoms with E-state index in [1.54, 1.807) is 12.1 Å². The summed E-state index contributed by atoms with van der Waals surface area (Å²) in [5.74, 6) is 1.14. The largest absolute Gasteiger partial charge is 0.504 e. The molecule has 0 radical (unpaired) electrons. The first-order valence-corrected chi connectivity index (χ1v) is 9.34. The summed E-state index contributed by atoms with van der Waals surface area (Å²) in [4.78, 5) is 0. The minimum atomic E-state index is -0.829. The molecule has 0 heterocycles. The third-order valence-corrected chi connectivity index (χ3v) is 5.30. The highest BCUT2D eigenvalue weighted by molar-refractivity contribution is 5.54. The zero-order chi connectivity index (χ0) is 21.7. The molecule has 0 bridgehead atoms. The van der Waals surface area contributed by atoms with Crippen molar-refractivity contribution < 1.29 is 34.3 Å². The molecule has 0 aliphatic rings. The van der Waals surface area contributed by atoms with Gasteiger partial charge in [0.05, 0.1) is 34.5 Å². The number of hydrogen-bond acceptors (Lipinski definition) is 7. The van der Waals surface area contributed by atoms with Crippen LogP contribution in [0.15, 0.2) is 24.3 Å². The van der Waals surface area contributed by atoms with E-state index in [0.29, 0.717) is 23.5 Å². The Hall–Kier alpha value is -2.80. The van der Waals surface area contributed by atoms with Gasteiger partial charge in [-0.1, -0.05) is 13.8 Å². The number of methoxy groups -OCH3 is 4. The molecule has 3 atom stereocenters. The standard InChI is InChI=1S/C22H30O7/c1-12(7-14-8-16(23)21(28-5)18(9-14)26-3)13(2)20(25)15-10-17(24)22(29-6)19(11-15)27-4/h8-13,20,23-25H,7H2,1-6H3/t12-,13+,20-/m1/s1. The van der Waals surface area contributed by atoms with E-state index in [9.17, 15) is 15.3 Å². The van der Waals surface area contributed by atoms with Crippen LogP contribution < -0.4 is 18.9 Å². The maximum Gasteiger partial charge on any atom is 0.203 e. The second kappa shape index (κ2) is 9.60. The molecule has 0 aromatic heterocycles. The minimum Gasteiger partial charge on any atom is -0.504 e. The lowest BCUT2D eigenvalue weighted by Crippen LogP contribution is -2.19. The number of phenols is 2. The van der Waals surface area contributed by atoms with E-state index in [-0.39, 0.29) is 34.8 Å². The summed E-state index contributed by atoms with van der Waals surface area (Å²) in [7, 11) is 5.90. The smallest absolute Gasteiger partial charge is 0.203 e. The molecular weight excluding hydrogens is 376 g/mol. The van der Waals surface area contributed by atoms with Crippen LogP contribution in [0.2, 0.25) is 0 Å². The normalized spacial score (nSPS) is 14.0. The number of aliphatic hydroxyl groups excluding tert-OH is 1. The van der Waals surface area contributed by atoms with Crippen LogP contribution in [0.5, 0.6) is 34.5 Å². The highest BCUT2D eigenvalue weighted by Gasteiger charge is 2.26. The molecule has 0 amide bonds. The zero-order valence-electron chi connectivity index (χ0n) is 17.7. The third kappa shape index (κ3) is 4.79. The molecule has 7 heteroatoms. The van der Waals surface area contributed by atoms with E-state index in [1.807, 2.05) is 19.9 Å². The lowest BCUT2D eigenvalue weighted by Gasteiger charge is -2.26. The Labute approximate surface area is 171 Å². The van der Waals surface area contributed by atoms with E-state index in [1.165, 1.54) is 34.5 Å². The van der Waals surface area contributed by atoms with Gasteiger partial charge < -0.3 is 34.3 Å². The molecule has 2 aromatic carbocycles. The van der Waals surface area contributed by atoms with E-state index in [2.05, 4.69) is 0 Å². The fraction of sp³-hybridized carbons (Fsp3) is 0.455. The van der Waals surface area contributed by atoms with Crippen LogP contribution in [0.4, 0.5) is 0 Å². The van der Waals surface area contributed by atoms with Crippen molar-refractivity contribution in [3.63, 3.8) is 0 Å². The summed E-state index contributed by atoms with van der Waals surface area (Å²) in [6.45, 7) is 3.95. The van der Waals surface area contributed by atoms with Gasteiger partial charge in [0.2, 0.25) is 11.5 Å². The van der Waals surface area contributed by atoms with Crippen molar-refractivity contribution in [2.45, 2.75) is 26.4 Å².